The number of allylic oxidation sites excluding steroid dienone is 1. The monoisotopic (exact) mass is 288 g/mol. The number of sulfonamides is 1. The van der Waals surface area contributed by atoms with Crippen LogP contribution in [0.15, 0.2) is 12.2 Å². The summed E-state index contributed by atoms with van der Waals surface area (Å²) in [5, 5.41) is 3.46. The van der Waals surface area contributed by atoms with Crippen molar-refractivity contribution in [2.24, 2.45) is 11.3 Å². The van der Waals surface area contributed by atoms with E-state index < -0.39 is 10.0 Å². The molecule has 0 saturated carbocycles. The molecule has 112 valence electrons. The third-order valence-corrected chi connectivity index (χ3v) is 4.33. The maximum atomic E-state index is 10.9. The fourth-order valence-corrected chi connectivity index (χ4v) is 2.86. The minimum Gasteiger partial charge on any atom is -0.310 e. The largest absolute Gasteiger partial charge is 0.310 e. The highest BCUT2D eigenvalue weighted by Crippen LogP contribution is 2.33. The molecule has 2 N–H and O–H groups in total. The molecule has 0 aromatic heterocycles. The average Bonchev–Trinajstić information content (AvgIpc) is 2.26. The lowest BCUT2D eigenvalue weighted by Gasteiger charge is -2.33. The predicted octanol–water partition coefficient (Wildman–Crippen LogP) is 1.90. The lowest BCUT2D eigenvalue weighted by Crippen LogP contribution is -2.34. The summed E-state index contributed by atoms with van der Waals surface area (Å²) in [7, 11) is -3.04. The molecule has 0 fully saturated rings. The van der Waals surface area contributed by atoms with Crippen LogP contribution in [0.3, 0.4) is 0 Å². The molecule has 0 aliphatic heterocycles. The summed E-state index contributed by atoms with van der Waals surface area (Å²) in [4.78, 5) is 0. The van der Waals surface area contributed by atoms with E-state index in [1.165, 1.54) is 12.7 Å². The maximum absolute atomic E-state index is 10.9. The second kappa shape index (κ2) is 6.86. The zero-order valence-corrected chi connectivity index (χ0v) is 13.4. The summed E-state index contributed by atoms with van der Waals surface area (Å²) in [6, 6.07) is 0.442. The maximum Gasteiger partial charge on any atom is 0.208 e. The molecule has 4 nitrogen and oxygen atoms in total. The van der Waals surface area contributed by atoms with E-state index in [1.807, 2.05) is 0 Å². The molecule has 1 aliphatic carbocycles. The van der Waals surface area contributed by atoms with Gasteiger partial charge in [-0.3, -0.25) is 0 Å². The summed E-state index contributed by atoms with van der Waals surface area (Å²) in [5.74, 6) is 0.664. The van der Waals surface area contributed by atoms with Gasteiger partial charge in [-0.1, -0.05) is 32.9 Å². The van der Waals surface area contributed by atoms with Gasteiger partial charge in [0.05, 0.1) is 6.26 Å². The van der Waals surface area contributed by atoms with Crippen LogP contribution in [0.1, 0.15) is 40.0 Å². The van der Waals surface area contributed by atoms with Crippen LogP contribution in [0.2, 0.25) is 0 Å². The minimum atomic E-state index is -3.04. The number of hydrogen-bond donors (Lipinski definition) is 2. The molecule has 0 aromatic carbocycles. The Morgan fingerprint density at radius 1 is 1.16 bits per heavy atom. The van der Waals surface area contributed by atoms with E-state index in [4.69, 9.17) is 0 Å². The molecule has 19 heavy (non-hydrogen) atoms. The molecule has 0 saturated heterocycles. The summed E-state index contributed by atoms with van der Waals surface area (Å²) in [6.45, 7) is 8.20. The first-order chi connectivity index (χ1) is 8.68. The first-order valence-corrected chi connectivity index (χ1v) is 8.94. The van der Waals surface area contributed by atoms with Gasteiger partial charge in [0.25, 0.3) is 0 Å². The van der Waals surface area contributed by atoms with Crippen LogP contribution in [0.25, 0.3) is 0 Å². The average molecular weight is 288 g/mol. The second-order valence-electron chi connectivity index (χ2n) is 6.52. The summed E-state index contributed by atoms with van der Waals surface area (Å²) >= 11 is 0. The van der Waals surface area contributed by atoms with Crippen molar-refractivity contribution in [2.45, 2.75) is 46.1 Å². The Balaban J connectivity index is 2.19. The highest BCUT2D eigenvalue weighted by Gasteiger charge is 2.25. The smallest absolute Gasteiger partial charge is 0.208 e. The third-order valence-electron chi connectivity index (χ3n) is 3.60. The summed E-state index contributed by atoms with van der Waals surface area (Å²) < 4.78 is 24.3. The highest BCUT2D eigenvalue weighted by atomic mass is 32.2. The molecule has 0 radical (unpaired) electrons. The van der Waals surface area contributed by atoms with Crippen molar-refractivity contribution in [1.82, 2.24) is 10.0 Å². The quantitative estimate of drug-likeness (QED) is 0.580. The SMILES string of the molecule is CC(C)(C)C1C=CC(NCCCNS(C)(=O)=O)CC1. The van der Waals surface area contributed by atoms with E-state index in [2.05, 4.69) is 43.0 Å². The second-order valence-corrected chi connectivity index (χ2v) is 8.35. The number of nitrogens with one attached hydrogen (secondary N) is 2. The van der Waals surface area contributed by atoms with Gasteiger partial charge in [-0.25, -0.2) is 13.1 Å². The van der Waals surface area contributed by atoms with Gasteiger partial charge in [0.1, 0.15) is 0 Å². The summed E-state index contributed by atoms with van der Waals surface area (Å²) in [5.41, 5.74) is 0.348. The molecule has 0 amide bonds. The molecule has 1 aliphatic rings. The fraction of sp³-hybridized carbons (Fsp3) is 0.857. The van der Waals surface area contributed by atoms with Gasteiger partial charge in [0, 0.05) is 12.6 Å². The van der Waals surface area contributed by atoms with Gasteiger partial charge in [-0.2, -0.15) is 0 Å². The lowest BCUT2D eigenvalue weighted by molar-refractivity contribution is 0.257. The van der Waals surface area contributed by atoms with E-state index in [0.717, 1.165) is 19.4 Å². The Kier molecular flexibility index (Phi) is 6.02. The Hall–Kier alpha value is -0.390. The normalized spacial score (nSPS) is 24.6. The summed E-state index contributed by atoms with van der Waals surface area (Å²) in [6.07, 6.45) is 8.99. The van der Waals surface area contributed by atoms with Crippen LogP contribution < -0.4 is 10.0 Å². The Morgan fingerprint density at radius 2 is 1.84 bits per heavy atom. The molecule has 0 bridgehead atoms. The van der Waals surface area contributed by atoms with Crippen LogP contribution in [-0.2, 0) is 10.0 Å². The molecular formula is C14H28N2O2S. The van der Waals surface area contributed by atoms with Crippen LogP contribution >= 0.6 is 0 Å². The molecule has 0 heterocycles. The lowest BCUT2D eigenvalue weighted by atomic mass is 9.75. The van der Waals surface area contributed by atoms with Gasteiger partial charge in [0.15, 0.2) is 0 Å². The van der Waals surface area contributed by atoms with Crippen molar-refractivity contribution >= 4 is 10.0 Å². The van der Waals surface area contributed by atoms with E-state index in [0.29, 0.717) is 23.9 Å². The van der Waals surface area contributed by atoms with Crippen molar-refractivity contribution in [3.63, 3.8) is 0 Å². The van der Waals surface area contributed by atoms with Crippen LogP contribution in [0, 0.1) is 11.3 Å². The van der Waals surface area contributed by atoms with E-state index in [9.17, 15) is 8.42 Å². The molecule has 0 aromatic rings. The first-order valence-electron chi connectivity index (χ1n) is 7.05. The molecule has 0 spiro atoms. The zero-order chi connectivity index (χ0) is 14.5. The van der Waals surface area contributed by atoms with Gasteiger partial charge >= 0.3 is 0 Å². The Bertz CT molecular complexity index is 396. The standard InChI is InChI=1S/C14H28N2O2S/c1-14(2,3)12-6-8-13(9-7-12)15-10-5-11-16-19(4,17)18/h6,8,12-13,15-16H,5,7,9-11H2,1-4H3. The topological polar surface area (TPSA) is 58.2 Å². The van der Waals surface area contributed by atoms with Crippen LogP contribution in [-0.4, -0.2) is 33.8 Å². The van der Waals surface area contributed by atoms with Crippen molar-refractivity contribution in [2.75, 3.05) is 19.3 Å². The predicted molar refractivity (Wildman–Crippen MR) is 80.6 cm³/mol. The van der Waals surface area contributed by atoms with Crippen LogP contribution in [0.5, 0.6) is 0 Å². The highest BCUT2D eigenvalue weighted by molar-refractivity contribution is 7.88. The first kappa shape index (κ1) is 16.7. The molecule has 2 unspecified atom stereocenters. The molecule has 2 atom stereocenters. The van der Waals surface area contributed by atoms with Gasteiger partial charge < -0.3 is 5.32 Å². The van der Waals surface area contributed by atoms with Crippen molar-refractivity contribution < 1.29 is 8.42 Å². The third kappa shape index (κ3) is 7.09. The Labute approximate surface area is 118 Å². The van der Waals surface area contributed by atoms with Crippen molar-refractivity contribution in [3.8, 4) is 0 Å². The van der Waals surface area contributed by atoms with Crippen molar-refractivity contribution in [3.05, 3.63) is 12.2 Å². The molecule has 1 rings (SSSR count). The van der Waals surface area contributed by atoms with Crippen molar-refractivity contribution in [1.29, 1.82) is 0 Å². The fourth-order valence-electron chi connectivity index (χ4n) is 2.35. The van der Waals surface area contributed by atoms with E-state index >= 15 is 0 Å². The minimum absolute atomic E-state index is 0.348. The van der Waals surface area contributed by atoms with Gasteiger partial charge in [-0.15, -0.1) is 0 Å². The van der Waals surface area contributed by atoms with Gasteiger partial charge in [-0.05, 0) is 37.1 Å². The van der Waals surface area contributed by atoms with Crippen LogP contribution in [0.4, 0.5) is 0 Å². The van der Waals surface area contributed by atoms with E-state index in [-0.39, 0.29) is 0 Å². The number of rotatable bonds is 6. The molecule has 5 heteroatoms. The van der Waals surface area contributed by atoms with Gasteiger partial charge in [0.2, 0.25) is 10.0 Å². The van der Waals surface area contributed by atoms with E-state index in [1.54, 1.807) is 0 Å². The Morgan fingerprint density at radius 3 is 2.32 bits per heavy atom. The number of hydrogen-bond acceptors (Lipinski definition) is 3. The zero-order valence-electron chi connectivity index (χ0n) is 12.6. The molecular weight excluding hydrogens is 260 g/mol.